The van der Waals surface area contributed by atoms with Gasteiger partial charge in [0, 0.05) is 0 Å². The zero-order valence-corrected chi connectivity index (χ0v) is 12.8. The molecule has 0 unspecified atom stereocenters. The average molecular weight is 257 g/mol. The van der Waals surface area contributed by atoms with Gasteiger partial charge in [-0.05, 0) is 37.0 Å². The molecule has 105 valence electrons. The van der Waals surface area contributed by atoms with Gasteiger partial charge in [-0.15, -0.1) is 0 Å². The fourth-order valence-electron chi connectivity index (χ4n) is 2.40. The number of hydrogen-bond acceptors (Lipinski definition) is 0. The second-order valence-corrected chi connectivity index (χ2v) is 5.35. The summed E-state index contributed by atoms with van der Waals surface area (Å²) in [5.74, 6) is 0. The highest BCUT2D eigenvalue weighted by molar-refractivity contribution is 5.26. The van der Waals surface area contributed by atoms with E-state index in [-0.39, 0.29) is 0 Å². The minimum absolute atomic E-state index is 1.18. The van der Waals surface area contributed by atoms with E-state index in [1.165, 1.54) is 68.9 Å². The van der Waals surface area contributed by atoms with Crippen LogP contribution in [0.15, 0.2) is 30.3 Å². The monoisotopic (exact) mass is 257 g/mol. The Morgan fingerprint density at radius 1 is 0.842 bits per heavy atom. The van der Waals surface area contributed by atoms with E-state index in [2.05, 4.69) is 37.3 Å². The highest BCUT2D eigenvalue weighted by atomic mass is 14.0. The Balaban J connectivity index is 2.06. The lowest BCUT2D eigenvalue weighted by Gasteiger charge is -2.03. The standard InChI is InChI=1S/C19H29/c1-3-5-6-7-8-9-10-11-13-19-16-14-18(12-4-2)15-17-19/h4,14-17H,3,5-11,13H2,1-2H3. The zero-order chi connectivity index (χ0) is 13.8. The van der Waals surface area contributed by atoms with Crippen LogP contribution in [0.4, 0.5) is 0 Å². The maximum Gasteiger partial charge on any atom is -0.0151 e. The van der Waals surface area contributed by atoms with Crippen molar-refractivity contribution >= 4 is 0 Å². The topological polar surface area (TPSA) is 0 Å². The largest absolute Gasteiger partial charge is 0.0792 e. The fraction of sp³-hybridized carbons (Fsp3) is 0.579. The molecule has 0 spiro atoms. The summed E-state index contributed by atoms with van der Waals surface area (Å²) in [6.07, 6.45) is 17.6. The number of allylic oxidation sites excluding steroid dienone is 1. The molecule has 19 heavy (non-hydrogen) atoms. The Bertz CT molecular complexity index is 332. The molecule has 0 saturated heterocycles. The van der Waals surface area contributed by atoms with Crippen LogP contribution in [0.5, 0.6) is 0 Å². The highest BCUT2D eigenvalue weighted by Gasteiger charge is 1.95. The Kier molecular flexibility index (Phi) is 9.14. The van der Waals surface area contributed by atoms with E-state index in [1.807, 2.05) is 13.0 Å². The van der Waals surface area contributed by atoms with E-state index < -0.39 is 0 Å². The molecule has 0 aliphatic rings. The molecule has 0 nitrogen and oxygen atoms in total. The van der Waals surface area contributed by atoms with Crippen LogP contribution in [0.3, 0.4) is 0 Å². The first kappa shape index (κ1) is 16.0. The molecule has 0 saturated carbocycles. The number of unbranched alkanes of at least 4 members (excludes halogenated alkanes) is 7. The van der Waals surface area contributed by atoms with E-state index in [0.717, 1.165) is 0 Å². The SMILES string of the molecule is C/C=[C]/c1ccc(CCCCCCCCCC)cc1. The second-order valence-electron chi connectivity index (χ2n) is 5.35. The van der Waals surface area contributed by atoms with Gasteiger partial charge in [0.1, 0.15) is 0 Å². The normalized spacial score (nSPS) is 11.3. The van der Waals surface area contributed by atoms with Crippen molar-refractivity contribution < 1.29 is 0 Å². The fourth-order valence-corrected chi connectivity index (χ4v) is 2.40. The molecule has 0 heteroatoms. The van der Waals surface area contributed by atoms with Crippen molar-refractivity contribution in [3.63, 3.8) is 0 Å². The van der Waals surface area contributed by atoms with Gasteiger partial charge < -0.3 is 0 Å². The third-order valence-corrected chi connectivity index (χ3v) is 3.58. The molecule has 0 atom stereocenters. The summed E-state index contributed by atoms with van der Waals surface area (Å²) in [6.45, 7) is 4.29. The van der Waals surface area contributed by atoms with E-state index in [0.29, 0.717) is 0 Å². The van der Waals surface area contributed by atoms with Crippen LogP contribution in [0, 0.1) is 6.08 Å². The van der Waals surface area contributed by atoms with Crippen LogP contribution < -0.4 is 0 Å². The first-order valence-electron chi connectivity index (χ1n) is 8.00. The summed E-state index contributed by atoms with van der Waals surface area (Å²) in [5, 5.41) is 0. The molecule has 1 radical (unpaired) electrons. The number of rotatable bonds is 10. The second kappa shape index (κ2) is 10.8. The lowest BCUT2D eigenvalue weighted by atomic mass is 10.0. The number of benzene rings is 1. The van der Waals surface area contributed by atoms with Crippen LogP contribution in [0.25, 0.3) is 0 Å². The molecule has 0 amide bonds. The van der Waals surface area contributed by atoms with E-state index in [4.69, 9.17) is 0 Å². The summed E-state index contributed by atoms with van der Waals surface area (Å²) in [7, 11) is 0. The molecule has 0 bridgehead atoms. The van der Waals surface area contributed by atoms with Gasteiger partial charge in [0.25, 0.3) is 0 Å². The Labute approximate surface area is 119 Å². The van der Waals surface area contributed by atoms with Gasteiger partial charge in [0.2, 0.25) is 0 Å². The molecule has 1 rings (SSSR count). The molecule has 1 aromatic rings. The van der Waals surface area contributed by atoms with Gasteiger partial charge in [-0.25, -0.2) is 0 Å². The van der Waals surface area contributed by atoms with Crippen LogP contribution in [0.2, 0.25) is 0 Å². The van der Waals surface area contributed by atoms with Gasteiger partial charge in [-0.3, -0.25) is 0 Å². The third-order valence-electron chi connectivity index (χ3n) is 3.58. The van der Waals surface area contributed by atoms with Crippen LogP contribution in [-0.4, -0.2) is 0 Å². The summed E-state index contributed by atoms with van der Waals surface area (Å²) >= 11 is 0. The predicted molar refractivity (Wildman–Crippen MR) is 85.3 cm³/mol. The smallest absolute Gasteiger partial charge is 0.0151 e. The summed E-state index contributed by atoms with van der Waals surface area (Å²) in [4.78, 5) is 0. The number of aryl methyl sites for hydroxylation is 1. The van der Waals surface area contributed by atoms with Crippen LogP contribution >= 0.6 is 0 Å². The van der Waals surface area contributed by atoms with Crippen molar-refractivity contribution in [2.45, 2.75) is 71.6 Å². The van der Waals surface area contributed by atoms with Gasteiger partial charge >= 0.3 is 0 Å². The maximum absolute atomic E-state index is 3.21. The first-order chi connectivity index (χ1) is 9.36. The van der Waals surface area contributed by atoms with Crippen molar-refractivity contribution in [1.82, 2.24) is 0 Å². The van der Waals surface area contributed by atoms with E-state index in [1.54, 1.807) is 0 Å². The van der Waals surface area contributed by atoms with Gasteiger partial charge in [-0.1, -0.05) is 82.2 Å². The molecule has 0 N–H and O–H groups in total. The van der Waals surface area contributed by atoms with Crippen molar-refractivity contribution in [3.8, 4) is 0 Å². The van der Waals surface area contributed by atoms with Gasteiger partial charge in [-0.2, -0.15) is 0 Å². The van der Waals surface area contributed by atoms with Crippen molar-refractivity contribution in [1.29, 1.82) is 0 Å². The third kappa shape index (κ3) is 7.87. The lowest BCUT2D eigenvalue weighted by molar-refractivity contribution is 0.575. The molecule has 0 aromatic heterocycles. The Morgan fingerprint density at radius 2 is 1.42 bits per heavy atom. The van der Waals surface area contributed by atoms with Crippen LogP contribution in [0.1, 0.15) is 76.3 Å². The predicted octanol–water partition coefficient (Wildman–Crippen LogP) is 6.10. The average Bonchev–Trinajstić information content (AvgIpc) is 2.44. The van der Waals surface area contributed by atoms with Crippen molar-refractivity contribution in [3.05, 3.63) is 47.5 Å². The van der Waals surface area contributed by atoms with Gasteiger partial charge in [0.15, 0.2) is 0 Å². The van der Waals surface area contributed by atoms with Gasteiger partial charge in [0.05, 0.1) is 0 Å². The summed E-state index contributed by atoms with van der Waals surface area (Å²) in [6, 6.07) is 8.82. The lowest BCUT2D eigenvalue weighted by Crippen LogP contribution is -1.87. The van der Waals surface area contributed by atoms with Crippen molar-refractivity contribution in [2.24, 2.45) is 0 Å². The molecule has 0 heterocycles. The Morgan fingerprint density at radius 3 is 2.00 bits per heavy atom. The minimum atomic E-state index is 1.18. The molecule has 0 aliphatic heterocycles. The van der Waals surface area contributed by atoms with Crippen molar-refractivity contribution in [2.75, 3.05) is 0 Å². The van der Waals surface area contributed by atoms with E-state index in [9.17, 15) is 0 Å². The molecular formula is C19H29. The molecule has 1 aromatic carbocycles. The minimum Gasteiger partial charge on any atom is -0.0792 e. The molecule has 0 aliphatic carbocycles. The van der Waals surface area contributed by atoms with E-state index >= 15 is 0 Å². The quantitative estimate of drug-likeness (QED) is 0.444. The van der Waals surface area contributed by atoms with Crippen LogP contribution in [-0.2, 0) is 6.42 Å². The summed E-state index contributed by atoms with van der Waals surface area (Å²) in [5.41, 5.74) is 2.65. The maximum atomic E-state index is 3.21. The number of hydrogen-bond donors (Lipinski definition) is 0. The Hall–Kier alpha value is -1.04. The zero-order valence-electron chi connectivity index (χ0n) is 12.8. The highest BCUT2D eigenvalue weighted by Crippen LogP contribution is 2.12. The first-order valence-corrected chi connectivity index (χ1v) is 8.00. The molecular weight excluding hydrogens is 228 g/mol. The summed E-state index contributed by atoms with van der Waals surface area (Å²) < 4.78 is 0. The molecule has 0 fully saturated rings.